The van der Waals surface area contributed by atoms with E-state index in [0.717, 1.165) is 0 Å². The number of thiocarbonyl (C=S) groups is 1. The Kier molecular flexibility index (Phi) is 5.91. The molecule has 0 fully saturated rings. The molecule has 0 saturated carbocycles. The van der Waals surface area contributed by atoms with Crippen LogP contribution in [0.2, 0.25) is 0 Å². The van der Waals surface area contributed by atoms with Gasteiger partial charge < -0.3 is 20.5 Å². The van der Waals surface area contributed by atoms with Crippen molar-refractivity contribution in [3.05, 3.63) is 53.6 Å². The lowest BCUT2D eigenvalue weighted by atomic mass is 10.1. The zero-order valence-corrected chi connectivity index (χ0v) is 14.5. The molecule has 0 saturated heterocycles. The van der Waals surface area contributed by atoms with Crippen LogP contribution < -0.4 is 25.8 Å². The Morgan fingerprint density at radius 2 is 1.64 bits per heavy atom. The van der Waals surface area contributed by atoms with Crippen molar-refractivity contribution in [2.75, 3.05) is 19.5 Å². The van der Waals surface area contributed by atoms with Crippen molar-refractivity contribution in [3.8, 4) is 11.5 Å². The van der Waals surface area contributed by atoms with Crippen molar-refractivity contribution in [2.24, 2.45) is 5.73 Å². The van der Waals surface area contributed by atoms with Gasteiger partial charge >= 0.3 is 0 Å². The van der Waals surface area contributed by atoms with Crippen molar-refractivity contribution < 1.29 is 19.1 Å². The molecule has 4 N–H and O–H groups in total. The van der Waals surface area contributed by atoms with E-state index in [1.54, 1.807) is 30.3 Å². The number of primary amides is 1. The molecule has 0 radical (unpaired) electrons. The number of rotatable bonds is 5. The van der Waals surface area contributed by atoms with E-state index in [9.17, 15) is 9.59 Å². The van der Waals surface area contributed by atoms with Crippen LogP contribution in [0.25, 0.3) is 0 Å². The number of nitrogens with two attached hydrogens (primary N) is 1. The van der Waals surface area contributed by atoms with Gasteiger partial charge in [0, 0.05) is 11.6 Å². The summed E-state index contributed by atoms with van der Waals surface area (Å²) in [7, 11) is 2.90. The highest BCUT2D eigenvalue weighted by atomic mass is 32.1. The minimum Gasteiger partial charge on any atom is -0.493 e. The Hall–Kier alpha value is -3.13. The summed E-state index contributed by atoms with van der Waals surface area (Å²) in [5.41, 5.74) is 6.29. The smallest absolute Gasteiger partial charge is 0.257 e. The van der Waals surface area contributed by atoms with Gasteiger partial charge in [-0.05, 0) is 30.4 Å². The molecule has 130 valence electrons. The predicted molar refractivity (Wildman–Crippen MR) is 98.2 cm³/mol. The average Bonchev–Trinajstić information content (AvgIpc) is 2.61. The molecule has 0 aromatic heterocycles. The number of hydrogen-bond acceptors (Lipinski definition) is 5. The van der Waals surface area contributed by atoms with Crippen LogP contribution in [0.15, 0.2) is 42.5 Å². The maximum atomic E-state index is 12.1. The van der Waals surface area contributed by atoms with Crippen molar-refractivity contribution >= 4 is 34.8 Å². The van der Waals surface area contributed by atoms with E-state index in [0.29, 0.717) is 22.7 Å². The summed E-state index contributed by atoms with van der Waals surface area (Å²) in [6, 6.07) is 11.5. The third-order valence-electron chi connectivity index (χ3n) is 3.30. The SMILES string of the molecule is COc1cc(NC(=S)NC(=O)c2ccccc2)c(C(N)=O)cc1OC. The van der Waals surface area contributed by atoms with E-state index in [2.05, 4.69) is 10.6 Å². The molecule has 0 unspecified atom stereocenters. The standard InChI is InChI=1S/C17H17N3O4S/c1-23-13-8-11(15(18)21)12(9-14(13)24-2)19-17(25)20-16(22)10-6-4-3-5-7-10/h3-9H,1-2H3,(H2,18,21)(H2,19,20,22,25). The number of anilines is 1. The molecule has 8 heteroatoms. The van der Waals surface area contributed by atoms with E-state index < -0.39 is 5.91 Å². The summed E-state index contributed by atoms with van der Waals surface area (Å²) >= 11 is 5.13. The largest absolute Gasteiger partial charge is 0.493 e. The van der Waals surface area contributed by atoms with Gasteiger partial charge in [-0.15, -0.1) is 0 Å². The molecule has 25 heavy (non-hydrogen) atoms. The Morgan fingerprint density at radius 3 is 2.20 bits per heavy atom. The topological polar surface area (TPSA) is 103 Å². The van der Waals surface area contributed by atoms with Gasteiger partial charge in [0.2, 0.25) is 0 Å². The lowest BCUT2D eigenvalue weighted by Gasteiger charge is -2.15. The van der Waals surface area contributed by atoms with Crippen LogP contribution >= 0.6 is 12.2 Å². The van der Waals surface area contributed by atoms with Crippen LogP contribution in [-0.2, 0) is 0 Å². The lowest BCUT2D eigenvalue weighted by molar-refractivity contribution is 0.0975. The van der Waals surface area contributed by atoms with Crippen molar-refractivity contribution in [3.63, 3.8) is 0 Å². The fourth-order valence-corrected chi connectivity index (χ4v) is 2.31. The number of ether oxygens (including phenoxy) is 2. The first-order chi connectivity index (χ1) is 12.0. The molecule has 0 aliphatic carbocycles. The minimum absolute atomic E-state index is 0.0172. The summed E-state index contributed by atoms with van der Waals surface area (Å²) in [5.74, 6) is -0.326. The summed E-state index contributed by atoms with van der Waals surface area (Å²) in [6.45, 7) is 0. The second-order valence-corrected chi connectivity index (χ2v) is 5.30. The van der Waals surface area contributed by atoms with Gasteiger partial charge in [-0.1, -0.05) is 18.2 Å². The molecule has 0 bridgehead atoms. The van der Waals surface area contributed by atoms with Crippen LogP contribution in [0.1, 0.15) is 20.7 Å². The second kappa shape index (κ2) is 8.11. The minimum atomic E-state index is -0.680. The van der Waals surface area contributed by atoms with Crippen LogP contribution in [-0.4, -0.2) is 31.1 Å². The number of benzene rings is 2. The Balaban J connectivity index is 2.22. The average molecular weight is 359 g/mol. The van der Waals surface area contributed by atoms with Gasteiger partial charge in [0.15, 0.2) is 16.6 Å². The predicted octanol–water partition coefficient (Wildman–Crippen LogP) is 1.93. The summed E-state index contributed by atoms with van der Waals surface area (Å²) < 4.78 is 10.3. The first-order valence-corrected chi connectivity index (χ1v) is 7.60. The molecule has 2 amide bonds. The molecule has 0 aliphatic rings. The Morgan fingerprint density at radius 1 is 1.04 bits per heavy atom. The molecule has 0 atom stereocenters. The summed E-state index contributed by atoms with van der Waals surface area (Å²) in [5, 5.41) is 5.33. The fourth-order valence-electron chi connectivity index (χ4n) is 2.10. The summed E-state index contributed by atoms with van der Waals surface area (Å²) in [4.78, 5) is 23.8. The highest BCUT2D eigenvalue weighted by Gasteiger charge is 2.16. The normalized spacial score (nSPS) is 9.84. The van der Waals surface area contributed by atoms with Gasteiger partial charge in [-0.3, -0.25) is 14.9 Å². The van der Waals surface area contributed by atoms with Gasteiger partial charge in [0.05, 0.1) is 25.5 Å². The number of carbonyl (C=O) groups excluding carboxylic acids is 2. The van der Waals surface area contributed by atoms with Crippen LogP contribution in [0.5, 0.6) is 11.5 Å². The Bertz CT molecular complexity index is 809. The zero-order valence-electron chi connectivity index (χ0n) is 13.7. The third-order valence-corrected chi connectivity index (χ3v) is 3.50. The van der Waals surface area contributed by atoms with Gasteiger partial charge in [-0.25, -0.2) is 0 Å². The molecule has 7 nitrogen and oxygen atoms in total. The van der Waals surface area contributed by atoms with E-state index in [1.807, 2.05) is 0 Å². The van der Waals surface area contributed by atoms with Crippen molar-refractivity contribution in [2.45, 2.75) is 0 Å². The number of methoxy groups -OCH3 is 2. The van der Waals surface area contributed by atoms with E-state index in [4.69, 9.17) is 27.4 Å². The molecule has 2 aromatic rings. The molecule has 0 spiro atoms. The van der Waals surface area contributed by atoms with E-state index >= 15 is 0 Å². The molecular weight excluding hydrogens is 342 g/mol. The number of hydrogen-bond donors (Lipinski definition) is 3. The van der Waals surface area contributed by atoms with Crippen LogP contribution in [0, 0.1) is 0 Å². The van der Waals surface area contributed by atoms with Gasteiger partial charge in [-0.2, -0.15) is 0 Å². The van der Waals surface area contributed by atoms with Crippen molar-refractivity contribution in [1.82, 2.24) is 5.32 Å². The molecule has 2 aromatic carbocycles. The van der Waals surface area contributed by atoms with Gasteiger partial charge in [0.1, 0.15) is 0 Å². The van der Waals surface area contributed by atoms with Crippen molar-refractivity contribution in [1.29, 1.82) is 0 Å². The monoisotopic (exact) mass is 359 g/mol. The number of carbonyl (C=O) groups is 2. The highest BCUT2D eigenvalue weighted by molar-refractivity contribution is 7.80. The van der Waals surface area contributed by atoms with E-state index in [1.165, 1.54) is 26.4 Å². The fraction of sp³-hybridized carbons (Fsp3) is 0.118. The van der Waals surface area contributed by atoms with Crippen LogP contribution in [0.4, 0.5) is 5.69 Å². The molecule has 0 aliphatic heterocycles. The van der Waals surface area contributed by atoms with Crippen LogP contribution in [0.3, 0.4) is 0 Å². The number of amides is 2. The maximum Gasteiger partial charge on any atom is 0.257 e. The Labute approximate surface area is 150 Å². The number of nitrogens with one attached hydrogen (secondary N) is 2. The molecule has 0 heterocycles. The quantitative estimate of drug-likeness (QED) is 0.705. The first kappa shape index (κ1) is 18.2. The third kappa shape index (κ3) is 4.45. The van der Waals surface area contributed by atoms with Gasteiger partial charge in [0.25, 0.3) is 11.8 Å². The maximum absolute atomic E-state index is 12.1. The zero-order chi connectivity index (χ0) is 18.4. The summed E-state index contributed by atoms with van der Waals surface area (Å²) in [6.07, 6.45) is 0. The highest BCUT2D eigenvalue weighted by Crippen LogP contribution is 2.33. The molecule has 2 rings (SSSR count). The lowest BCUT2D eigenvalue weighted by Crippen LogP contribution is -2.34. The first-order valence-electron chi connectivity index (χ1n) is 7.19. The van der Waals surface area contributed by atoms with E-state index in [-0.39, 0.29) is 16.6 Å². The molecular formula is C17H17N3O4S. The second-order valence-electron chi connectivity index (χ2n) is 4.89.